The van der Waals surface area contributed by atoms with Crippen LogP contribution in [-0.2, 0) is 13.1 Å². The predicted molar refractivity (Wildman–Crippen MR) is 112 cm³/mol. The van der Waals surface area contributed by atoms with Crippen LogP contribution < -0.4 is 15.4 Å². The lowest BCUT2D eigenvalue weighted by molar-refractivity contribution is 0.340. The zero-order valence-corrected chi connectivity index (χ0v) is 17.0. The van der Waals surface area contributed by atoms with Crippen molar-refractivity contribution >= 4 is 41.5 Å². The summed E-state index contributed by atoms with van der Waals surface area (Å²) in [5.41, 5.74) is 2.29. The minimum atomic E-state index is 0. The number of rotatable bonds is 6. The molecule has 0 heterocycles. The largest absolute Gasteiger partial charge is 0.494 e. The minimum Gasteiger partial charge on any atom is -0.494 e. The first-order valence-electron chi connectivity index (χ1n) is 7.62. The molecule has 0 saturated heterocycles. The summed E-state index contributed by atoms with van der Waals surface area (Å²) in [6.07, 6.45) is 0. The molecule has 0 radical (unpaired) electrons. The summed E-state index contributed by atoms with van der Waals surface area (Å²) in [4.78, 5) is 4.23. The predicted octanol–water partition coefficient (Wildman–Crippen LogP) is 4.22. The van der Waals surface area contributed by atoms with Gasteiger partial charge < -0.3 is 15.4 Å². The molecule has 0 unspecified atom stereocenters. The Balaban J connectivity index is 0.00000288. The molecule has 0 saturated carbocycles. The molecule has 2 N–H and O–H groups in total. The van der Waals surface area contributed by atoms with Crippen molar-refractivity contribution in [2.75, 3.05) is 13.7 Å². The summed E-state index contributed by atoms with van der Waals surface area (Å²) >= 11 is 5.89. The number of guanidine groups is 1. The van der Waals surface area contributed by atoms with Gasteiger partial charge in [0.05, 0.1) is 6.61 Å². The fraction of sp³-hybridized carbons (Fsp3) is 0.278. The van der Waals surface area contributed by atoms with Gasteiger partial charge in [-0.05, 0) is 42.3 Å². The number of aliphatic imine (C=N–C) groups is 1. The molecular weight excluding hydrogens is 437 g/mol. The standard InChI is InChI=1S/C18H22ClN3O.HI/c1-3-23-17-6-4-5-15(11-17)13-22-18(20-2)21-12-14-7-9-16(19)10-8-14;/h4-11H,3,12-13H2,1-2H3,(H2,20,21,22);1H. The topological polar surface area (TPSA) is 45.6 Å². The highest BCUT2D eigenvalue weighted by atomic mass is 127. The third-order valence-electron chi connectivity index (χ3n) is 3.27. The van der Waals surface area contributed by atoms with Gasteiger partial charge in [-0.25, -0.2) is 0 Å². The Morgan fingerprint density at radius 1 is 1.04 bits per heavy atom. The molecule has 0 bridgehead atoms. The first-order valence-corrected chi connectivity index (χ1v) is 7.99. The number of benzene rings is 2. The zero-order chi connectivity index (χ0) is 16.5. The van der Waals surface area contributed by atoms with Gasteiger partial charge in [-0.1, -0.05) is 35.9 Å². The average molecular weight is 460 g/mol. The summed E-state index contributed by atoms with van der Waals surface area (Å²) in [5.74, 6) is 1.64. The van der Waals surface area contributed by atoms with Crippen LogP contribution in [0.2, 0.25) is 5.02 Å². The van der Waals surface area contributed by atoms with E-state index in [0.717, 1.165) is 27.9 Å². The van der Waals surface area contributed by atoms with Gasteiger partial charge in [-0.15, -0.1) is 24.0 Å². The molecule has 0 amide bonds. The van der Waals surface area contributed by atoms with Crippen LogP contribution >= 0.6 is 35.6 Å². The first kappa shape index (κ1) is 20.6. The molecule has 6 heteroatoms. The van der Waals surface area contributed by atoms with Crippen molar-refractivity contribution in [3.05, 3.63) is 64.7 Å². The van der Waals surface area contributed by atoms with E-state index in [9.17, 15) is 0 Å². The second-order valence-electron chi connectivity index (χ2n) is 4.99. The molecule has 0 aliphatic rings. The molecular formula is C18H23ClIN3O. The zero-order valence-electron chi connectivity index (χ0n) is 13.9. The van der Waals surface area contributed by atoms with E-state index in [1.54, 1.807) is 7.05 Å². The Labute approximate surface area is 165 Å². The second kappa shape index (κ2) is 11.1. The average Bonchev–Trinajstić information content (AvgIpc) is 2.57. The van der Waals surface area contributed by atoms with Crippen LogP contribution in [0.3, 0.4) is 0 Å². The highest BCUT2D eigenvalue weighted by Gasteiger charge is 2.01. The molecule has 0 aliphatic carbocycles. The van der Waals surface area contributed by atoms with Gasteiger partial charge in [-0.3, -0.25) is 4.99 Å². The minimum absolute atomic E-state index is 0. The highest BCUT2D eigenvalue weighted by Crippen LogP contribution is 2.13. The molecule has 4 nitrogen and oxygen atoms in total. The molecule has 0 spiro atoms. The first-order chi connectivity index (χ1) is 11.2. The molecule has 2 aromatic carbocycles. The number of halogens is 2. The molecule has 2 aromatic rings. The lowest BCUT2D eigenvalue weighted by atomic mass is 10.2. The quantitative estimate of drug-likeness (QED) is 0.386. The van der Waals surface area contributed by atoms with Crippen molar-refractivity contribution < 1.29 is 4.74 Å². The van der Waals surface area contributed by atoms with Gasteiger partial charge in [0.15, 0.2) is 5.96 Å². The van der Waals surface area contributed by atoms with E-state index in [1.165, 1.54) is 0 Å². The molecule has 0 aliphatic heterocycles. The number of nitrogens with zero attached hydrogens (tertiary/aromatic N) is 1. The Bertz CT molecular complexity index is 647. The lowest BCUT2D eigenvalue weighted by Gasteiger charge is -2.13. The lowest BCUT2D eigenvalue weighted by Crippen LogP contribution is -2.36. The van der Waals surface area contributed by atoms with E-state index in [4.69, 9.17) is 16.3 Å². The molecule has 0 aromatic heterocycles. The van der Waals surface area contributed by atoms with Crippen LogP contribution in [0.5, 0.6) is 5.75 Å². The van der Waals surface area contributed by atoms with Gasteiger partial charge in [0.2, 0.25) is 0 Å². The second-order valence-corrected chi connectivity index (χ2v) is 5.42. The highest BCUT2D eigenvalue weighted by molar-refractivity contribution is 14.0. The van der Waals surface area contributed by atoms with Crippen molar-refractivity contribution in [2.24, 2.45) is 4.99 Å². The fourth-order valence-corrected chi connectivity index (χ4v) is 2.23. The van der Waals surface area contributed by atoms with E-state index in [-0.39, 0.29) is 24.0 Å². The van der Waals surface area contributed by atoms with Crippen molar-refractivity contribution in [1.82, 2.24) is 10.6 Å². The van der Waals surface area contributed by atoms with E-state index in [1.807, 2.05) is 49.4 Å². The van der Waals surface area contributed by atoms with E-state index in [2.05, 4.69) is 21.7 Å². The van der Waals surface area contributed by atoms with Crippen LogP contribution in [0.4, 0.5) is 0 Å². The molecule has 2 rings (SSSR count). The molecule has 0 fully saturated rings. The van der Waals surface area contributed by atoms with Gasteiger partial charge in [0.1, 0.15) is 5.75 Å². The maximum atomic E-state index is 5.89. The van der Waals surface area contributed by atoms with Crippen molar-refractivity contribution in [3.63, 3.8) is 0 Å². The third-order valence-corrected chi connectivity index (χ3v) is 3.52. The Hall–Kier alpha value is -1.47. The Morgan fingerprint density at radius 2 is 1.71 bits per heavy atom. The SMILES string of the molecule is CCOc1cccc(CNC(=NC)NCc2ccc(Cl)cc2)c1.I. The summed E-state index contributed by atoms with van der Waals surface area (Å²) in [5, 5.41) is 7.31. The third kappa shape index (κ3) is 6.97. The van der Waals surface area contributed by atoms with Crippen molar-refractivity contribution in [1.29, 1.82) is 0 Å². The van der Waals surface area contributed by atoms with Gasteiger partial charge in [0.25, 0.3) is 0 Å². The van der Waals surface area contributed by atoms with Gasteiger partial charge in [0, 0.05) is 25.2 Å². The monoisotopic (exact) mass is 459 g/mol. The molecule has 24 heavy (non-hydrogen) atoms. The van der Waals surface area contributed by atoms with Crippen LogP contribution in [-0.4, -0.2) is 19.6 Å². The molecule has 0 atom stereocenters. The van der Waals surface area contributed by atoms with Crippen LogP contribution in [0, 0.1) is 0 Å². The maximum absolute atomic E-state index is 5.89. The summed E-state index contributed by atoms with van der Waals surface area (Å²) in [6.45, 7) is 4.02. The van der Waals surface area contributed by atoms with E-state index in [0.29, 0.717) is 19.7 Å². The van der Waals surface area contributed by atoms with Crippen LogP contribution in [0.15, 0.2) is 53.5 Å². The summed E-state index contributed by atoms with van der Waals surface area (Å²) < 4.78 is 5.51. The van der Waals surface area contributed by atoms with Gasteiger partial charge >= 0.3 is 0 Å². The van der Waals surface area contributed by atoms with Crippen molar-refractivity contribution in [3.8, 4) is 5.75 Å². The van der Waals surface area contributed by atoms with E-state index >= 15 is 0 Å². The number of hydrogen-bond acceptors (Lipinski definition) is 2. The number of ether oxygens (including phenoxy) is 1. The van der Waals surface area contributed by atoms with Crippen LogP contribution in [0.1, 0.15) is 18.1 Å². The molecule has 130 valence electrons. The Kier molecular flexibility index (Phi) is 9.56. The normalized spacial score (nSPS) is 10.7. The smallest absolute Gasteiger partial charge is 0.191 e. The summed E-state index contributed by atoms with van der Waals surface area (Å²) in [7, 11) is 1.76. The van der Waals surface area contributed by atoms with Crippen molar-refractivity contribution in [2.45, 2.75) is 20.0 Å². The Morgan fingerprint density at radius 3 is 2.33 bits per heavy atom. The number of hydrogen-bond donors (Lipinski definition) is 2. The van der Waals surface area contributed by atoms with Crippen LogP contribution in [0.25, 0.3) is 0 Å². The summed E-state index contributed by atoms with van der Waals surface area (Å²) in [6, 6.07) is 15.8. The maximum Gasteiger partial charge on any atom is 0.191 e. The van der Waals surface area contributed by atoms with Gasteiger partial charge in [-0.2, -0.15) is 0 Å². The number of nitrogens with one attached hydrogen (secondary N) is 2. The van der Waals surface area contributed by atoms with E-state index < -0.39 is 0 Å². The fourth-order valence-electron chi connectivity index (χ4n) is 2.11.